The summed E-state index contributed by atoms with van der Waals surface area (Å²) in [6, 6.07) is 10.8. The molecule has 0 heterocycles. The largest absolute Gasteiger partial charge is 0.322 e. The molecule has 0 atom stereocenters. The monoisotopic (exact) mass is 407 g/mol. The molecule has 1 N–H and O–H groups in total. The molecular formula is C13H8BrCl2NO3S. The predicted octanol–water partition coefficient (Wildman–Crippen LogP) is 4.28. The fourth-order valence-corrected chi connectivity index (χ4v) is 3.54. The maximum Gasteiger partial charge on any atom is 0.262 e. The molecule has 0 radical (unpaired) electrons. The molecule has 0 aromatic heterocycles. The number of rotatable bonds is 3. The van der Waals surface area contributed by atoms with Gasteiger partial charge in [0.1, 0.15) is 4.90 Å². The third-order valence-corrected chi connectivity index (χ3v) is 4.84. The first kappa shape index (κ1) is 16.3. The van der Waals surface area contributed by atoms with Crippen molar-refractivity contribution in [1.82, 2.24) is 0 Å². The molecular weight excluding hydrogens is 401 g/mol. The molecule has 0 aliphatic carbocycles. The lowest BCUT2D eigenvalue weighted by Crippen LogP contribution is -2.11. The molecule has 0 aliphatic heterocycles. The Labute approximate surface area is 139 Å². The fraction of sp³-hybridized carbons (Fsp3) is 0. The van der Waals surface area contributed by atoms with Gasteiger partial charge in [-0.3, -0.25) is 4.79 Å². The number of hydrogen-bond donors (Lipinski definition) is 1. The second-order valence-corrected chi connectivity index (χ2v) is 7.90. The quantitative estimate of drug-likeness (QED) is 0.770. The Morgan fingerprint density at radius 3 is 2.43 bits per heavy atom. The van der Waals surface area contributed by atoms with Crippen molar-refractivity contribution in [3.63, 3.8) is 0 Å². The number of amides is 1. The minimum absolute atomic E-state index is 0.0583. The molecule has 0 unspecified atom stereocenters. The van der Waals surface area contributed by atoms with Gasteiger partial charge in [0.25, 0.3) is 15.0 Å². The maximum atomic E-state index is 12.0. The molecule has 4 nitrogen and oxygen atoms in total. The van der Waals surface area contributed by atoms with E-state index in [2.05, 4.69) is 21.2 Å². The van der Waals surface area contributed by atoms with Crippen LogP contribution in [0, 0.1) is 0 Å². The average molecular weight is 409 g/mol. The van der Waals surface area contributed by atoms with Crippen molar-refractivity contribution < 1.29 is 13.2 Å². The van der Waals surface area contributed by atoms with Crippen LogP contribution in [0.5, 0.6) is 0 Å². The summed E-state index contributed by atoms with van der Waals surface area (Å²) < 4.78 is 23.2. The van der Waals surface area contributed by atoms with Gasteiger partial charge in [-0.1, -0.05) is 33.6 Å². The van der Waals surface area contributed by atoms with Gasteiger partial charge in [0.05, 0.1) is 5.02 Å². The summed E-state index contributed by atoms with van der Waals surface area (Å²) >= 11 is 9.12. The summed E-state index contributed by atoms with van der Waals surface area (Å²) in [5, 5.41) is 2.56. The average Bonchev–Trinajstić information content (AvgIpc) is 2.37. The second kappa shape index (κ2) is 6.36. The molecule has 2 aromatic carbocycles. The highest BCUT2D eigenvalue weighted by Gasteiger charge is 2.15. The van der Waals surface area contributed by atoms with E-state index in [4.69, 9.17) is 22.3 Å². The molecule has 110 valence electrons. The minimum atomic E-state index is -3.92. The Balaban J connectivity index is 2.25. The number of carbonyl (C=O) groups is 1. The van der Waals surface area contributed by atoms with Crippen LogP contribution in [0.4, 0.5) is 5.69 Å². The molecule has 0 fully saturated rings. The molecule has 2 rings (SSSR count). The van der Waals surface area contributed by atoms with E-state index in [1.54, 1.807) is 24.3 Å². The molecule has 2 aromatic rings. The zero-order valence-corrected chi connectivity index (χ0v) is 14.2. The summed E-state index contributed by atoms with van der Waals surface area (Å²) in [6.07, 6.45) is 0. The van der Waals surface area contributed by atoms with E-state index in [1.165, 1.54) is 18.2 Å². The van der Waals surface area contributed by atoms with Gasteiger partial charge < -0.3 is 5.32 Å². The van der Waals surface area contributed by atoms with Gasteiger partial charge in [-0.25, -0.2) is 8.42 Å². The van der Waals surface area contributed by atoms with Crippen LogP contribution in [-0.2, 0) is 9.05 Å². The first-order valence-electron chi connectivity index (χ1n) is 5.58. The molecule has 1 amide bonds. The zero-order chi connectivity index (χ0) is 15.6. The van der Waals surface area contributed by atoms with E-state index in [0.29, 0.717) is 11.3 Å². The molecule has 8 heteroatoms. The number of benzene rings is 2. The van der Waals surface area contributed by atoms with Crippen LogP contribution in [0.15, 0.2) is 51.8 Å². The first-order chi connectivity index (χ1) is 9.77. The SMILES string of the molecule is O=C(Nc1ccc(S(=O)(=O)Cl)c(Cl)c1)c1cccc(Br)c1. The Morgan fingerprint density at radius 1 is 1.14 bits per heavy atom. The van der Waals surface area contributed by atoms with Gasteiger partial charge in [-0.05, 0) is 36.4 Å². The predicted molar refractivity (Wildman–Crippen MR) is 86.6 cm³/mol. The summed E-state index contributed by atoms with van der Waals surface area (Å²) in [6.45, 7) is 0. The number of carbonyl (C=O) groups excluding carboxylic acids is 1. The first-order valence-corrected chi connectivity index (χ1v) is 9.06. The third kappa shape index (κ3) is 4.20. The molecule has 0 saturated heterocycles. The third-order valence-electron chi connectivity index (χ3n) is 2.54. The molecule has 0 saturated carbocycles. The van der Waals surface area contributed by atoms with E-state index >= 15 is 0 Å². The van der Waals surface area contributed by atoms with E-state index in [0.717, 1.165) is 4.47 Å². The van der Waals surface area contributed by atoms with Gasteiger partial charge in [-0.2, -0.15) is 0 Å². The van der Waals surface area contributed by atoms with Crippen molar-refractivity contribution in [1.29, 1.82) is 0 Å². The summed E-state index contributed by atoms with van der Waals surface area (Å²) in [5.74, 6) is -0.339. The van der Waals surface area contributed by atoms with E-state index in [9.17, 15) is 13.2 Å². The van der Waals surface area contributed by atoms with E-state index < -0.39 is 9.05 Å². The van der Waals surface area contributed by atoms with Crippen LogP contribution >= 0.6 is 38.2 Å². The summed E-state index contributed by atoms with van der Waals surface area (Å²) in [7, 11) is 1.32. The van der Waals surface area contributed by atoms with Gasteiger partial charge >= 0.3 is 0 Å². The number of nitrogens with one attached hydrogen (secondary N) is 1. The Kier molecular flexibility index (Phi) is 4.93. The van der Waals surface area contributed by atoms with Crippen LogP contribution < -0.4 is 5.32 Å². The topological polar surface area (TPSA) is 63.2 Å². The van der Waals surface area contributed by atoms with Gasteiger partial charge in [0.15, 0.2) is 0 Å². The highest BCUT2D eigenvalue weighted by atomic mass is 79.9. The smallest absolute Gasteiger partial charge is 0.262 e. The fourth-order valence-electron chi connectivity index (χ4n) is 1.61. The summed E-state index contributed by atoms with van der Waals surface area (Å²) in [4.78, 5) is 11.8. The van der Waals surface area contributed by atoms with Crippen LogP contribution in [-0.4, -0.2) is 14.3 Å². The Hall–Kier alpha value is -1.08. The molecule has 0 bridgehead atoms. The van der Waals surface area contributed by atoms with Crippen LogP contribution in [0.3, 0.4) is 0 Å². The standard InChI is InChI=1S/C13H8BrCl2NO3S/c14-9-3-1-2-8(6-9)13(18)17-10-4-5-12(11(15)7-10)21(16,19)20/h1-7H,(H,17,18). The number of hydrogen-bond acceptors (Lipinski definition) is 3. The lowest BCUT2D eigenvalue weighted by Gasteiger charge is -2.07. The van der Waals surface area contributed by atoms with Crippen LogP contribution in [0.2, 0.25) is 5.02 Å². The highest BCUT2D eigenvalue weighted by molar-refractivity contribution is 9.10. The maximum absolute atomic E-state index is 12.0. The van der Waals surface area contributed by atoms with Crippen molar-refractivity contribution in [3.05, 3.63) is 57.5 Å². The second-order valence-electron chi connectivity index (χ2n) is 4.05. The lowest BCUT2D eigenvalue weighted by atomic mass is 10.2. The summed E-state index contributed by atoms with van der Waals surface area (Å²) in [5.41, 5.74) is 0.823. The molecule has 0 spiro atoms. The van der Waals surface area contributed by atoms with Crippen molar-refractivity contribution in [2.45, 2.75) is 4.90 Å². The highest BCUT2D eigenvalue weighted by Crippen LogP contribution is 2.27. The molecule has 0 aliphatic rings. The zero-order valence-electron chi connectivity index (χ0n) is 10.3. The Morgan fingerprint density at radius 2 is 1.86 bits per heavy atom. The van der Waals surface area contributed by atoms with Crippen LogP contribution in [0.25, 0.3) is 0 Å². The van der Waals surface area contributed by atoms with E-state index in [1.807, 2.05) is 0 Å². The van der Waals surface area contributed by atoms with Crippen LogP contribution in [0.1, 0.15) is 10.4 Å². The number of halogens is 3. The normalized spacial score (nSPS) is 11.2. The van der Waals surface area contributed by atoms with Crippen molar-refractivity contribution >= 4 is 58.9 Å². The Bertz CT molecular complexity index is 809. The van der Waals surface area contributed by atoms with E-state index in [-0.39, 0.29) is 15.8 Å². The van der Waals surface area contributed by atoms with Gasteiger partial charge in [0.2, 0.25) is 0 Å². The van der Waals surface area contributed by atoms with Gasteiger partial charge in [0, 0.05) is 26.4 Å². The van der Waals surface area contributed by atoms with Crippen molar-refractivity contribution in [2.75, 3.05) is 5.32 Å². The van der Waals surface area contributed by atoms with Gasteiger partial charge in [-0.15, -0.1) is 0 Å². The van der Waals surface area contributed by atoms with Crippen molar-refractivity contribution in [2.24, 2.45) is 0 Å². The molecule has 21 heavy (non-hydrogen) atoms. The minimum Gasteiger partial charge on any atom is -0.322 e. The van der Waals surface area contributed by atoms with Crippen molar-refractivity contribution in [3.8, 4) is 0 Å². The number of anilines is 1. The lowest BCUT2D eigenvalue weighted by molar-refractivity contribution is 0.102.